The van der Waals surface area contributed by atoms with E-state index in [1.54, 1.807) is 55.6 Å². The minimum Gasteiger partial charge on any atom is -0.497 e. The summed E-state index contributed by atoms with van der Waals surface area (Å²) in [5, 5.41) is 4.88. The molecule has 0 saturated carbocycles. The number of aromatic nitrogens is 1. The number of amides is 2. The van der Waals surface area contributed by atoms with E-state index < -0.39 is 17.9 Å². The van der Waals surface area contributed by atoms with Crippen molar-refractivity contribution in [3.63, 3.8) is 0 Å². The summed E-state index contributed by atoms with van der Waals surface area (Å²) in [6.07, 6.45) is 1.20. The Morgan fingerprint density at radius 3 is 2.47 bits per heavy atom. The number of hydrogen-bond donors (Lipinski definition) is 2. The molecule has 1 aliphatic heterocycles. The summed E-state index contributed by atoms with van der Waals surface area (Å²) >= 11 is 17.9. The Hall–Kier alpha value is -3.60. The molecule has 2 heterocycles. The Labute approximate surface area is 222 Å². The molecule has 12 heteroatoms. The standard InChI is InChI=1S/C24H21Cl2N5O4S/c1-34-17-8-6-16(7-9-17)30-23(33)20(12-21(32)28-15-4-3-5-18(11-15)35-2)31(24(30)36)29-22-19(26)10-14(25)13-27-22/h3-11,13,20H,12H2,1-2H3,(H,27,29)(H,28,32)/t20-/m1/s1. The molecule has 1 fully saturated rings. The molecule has 36 heavy (non-hydrogen) atoms. The van der Waals surface area contributed by atoms with E-state index in [2.05, 4.69) is 15.7 Å². The highest BCUT2D eigenvalue weighted by Gasteiger charge is 2.45. The third-order valence-electron chi connectivity index (χ3n) is 5.31. The highest BCUT2D eigenvalue weighted by atomic mass is 35.5. The predicted molar refractivity (Wildman–Crippen MR) is 143 cm³/mol. The first-order chi connectivity index (χ1) is 17.3. The van der Waals surface area contributed by atoms with Crippen molar-refractivity contribution in [2.24, 2.45) is 0 Å². The molecule has 0 spiro atoms. The van der Waals surface area contributed by atoms with Gasteiger partial charge in [-0.3, -0.25) is 19.9 Å². The first kappa shape index (κ1) is 25.5. The number of nitrogens with zero attached hydrogens (tertiary/aromatic N) is 3. The molecule has 0 radical (unpaired) electrons. The number of anilines is 3. The molecule has 3 aromatic rings. The molecular weight excluding hydrogens is 525 g/mol. The van der Waals surface area contributed by atoms with Gasteiger partial charge in [0.05, 0.1) is 36.4 Å². The van der Waals surface area contributed by atoms with Gasteiger partial charge >= 0.3 is 0 Å². The number of ether oxygens (including phenoxy) is 2. The Bertz CT molecular complexity index is 1310. The second-order valence-corrected chi connectivity index (χ2v) is 8.83. The molecule has 0 unspecified atom stereocenters. The minimum absolute atomic E-state index is 0.122. The number of hydrogen-bond acceptors (Lipinski definition) is 7. The van der Waals surface area contributed by atoms with Gasteiger partial charge < -0.3 is 14.8 Å². The smallest absolute Gasteiger partial charge is 0.258 e. The number of thiocarbonyl (C=S) groups is 1. The zero-order valence-corrected chi connectivity index (χ0v) is 21.5. The van der Waals surface area contributed by atoms with Crippen molar-refractivity contribution in [3.8, 4) is 11.5 Å². The van der Waals surface area contributed by atoms with Crippen molar-refractivity contribution in [1.29, 1.82) is 0 Å². The largest absolute Gasteiger partial charge is 0.497 e. The van der Waals surface area contributed by atoms with Gasteiger partial charge in [-0.15, -0.1) is 0 Å². The molecule has 1 aromatic heterocycles. The van der Waals surface area contributed by atoms with Crippen LogP contribution >= 0.6 is 35.4 Å². The number of halogens is 2. The summed E-state index contributed by atoms with van der Waals surface area (Å²) in [6.45, 7) is 0. The van der Waals surface area contributed by atoms with E-state index in [9.17, 15) is 9.59 Å². The average Bonchev–Trinajstić information content (AvgIpc) is 3.09. The van der Waals surface area contributed by atoms with Crippen LogP contribution in [0.3, 0.4) is 0 Å². The maximum atomic E-state index is 13.5. The first-order valence-corrected chi connectivity index (χ1v) is 11.8. The molecular formula is C24H21Cl2N5O4S. The molecule has 1 saturated heterocycles. The SMILES string of the molecule is COc1ccc(N2C(=O)[C@@H](CC(=O)Nc3cccc(OC)c3)N(Nc3ncc(Cl)cc3Cl)C2=S)cc1. The third kappa shape index (κ3) is 5.46. The van der Waals surface area contributed by atoms with Gasteiger partial charge in [0.25, 0.3) is 5.91 Å². The third-order valence-corrected chi connectivity index (χ3v) is 6.19. The van der Waals surface area contributed by atoms with Crippen molar-refractivity contribution < 1.29 is 19.1 Å². The van der Waals surface area contributed by atoms with E-state index in [0.717, 1.165) is 0 Å². The summed E-state index contributed by atoms with van der Waals surface area (Å²) in [7, 11) is 3.08. The Kier molecular flexibility index (Phi) is 7.78. The Balaban J connectivity index is 1.62. The summed E-state index contributed by atoms with van der Waals surface area (Å²) in [5.74, 6) is 0.638. The van der Waals surface area contributed by atoms with Gasteiger partial charge in [0, 0.05) is 18.0 Å². The van der Waals surface area contributed by atoms with Crippen molar-refractivity contribution in [3.05, 3.63) is 70.8 Å². The lowest BCUT2D eigenvalue weighted by Gasteiger charge is -2.25. The summed E-state index contributed by atoms with van der Waals surface area (Å²) in [6, 6.07) is 14.2. The number of pyridine rings is 1. The molecule has 9 nitrogen and oxygen atoms in total. The van der Waals surface area contributed by atoms with Crippen LogP contribution in [0.1, 0.15) is 6.42 Å². The van der Waals surface area contributed by atoms with Crippen LogP contribution in [0.5, 0.6) is 11.5 Å². The van der Waals surface area contributed by atoms with E-state index in [1.165, 1.54) is 29.3 Å². The van der Waals surface area contributed by atoms with Gasteiger partial charge in [0.2, 0.25) is 11.0 Å². The predicted octanol–water partition coefficient (Wildman–Crippen LogP) is 4.76. The lowest BCUT2D eigenvalue weighted by Crippen LogP contribution is -2.42. The summed E-state index contributed by atoms with van der Waals surface area (Å²) in [4.78, 5) is 32.0. The first-order valence-electron chi connectivity index (χ1n) is 10.6. The van der Waals surface area contributed by atoms with Gasteiger partial charge in [0.1, 0.15) is 17.5 Å². The van der Waals surface area contributed by atoms with Crippen molar-refractivity contribution in [2.45, 2.75) is 12.5 Å². The number of methoxy groups -OCH3 is 2. The maximum absolute atomic E-state index is 13.5. The molecule has 186 valence electrons. The van der Waals surface area contributed by atoms with Crippen molar-refractivity contribution in [2.75, 3.05) is 29.9 Å². The van der Waals surface area contributed by atoms with Crippen LogP contribution in [0.15, 0.2) is 60.8 Å². The fourth-order valence-corrected chi connectivity index (χ4v) is 4.36. The lowest BCUT2D eigenvalue weighted by molar-refractivity contribution is -0.124. The number of nitrogens with one attached hydrogen (secondary N) is 2. The fourth-order valence-electron chi connectivity index (χ4n) is 3.57. The van der Waals surface area contributed by atoms with Gasteiger partial charge in [-0.1, -0.05) is 29.3 Å². The van der Waals surface area contributed by atoms with Crippen LogP contribution in [0, 0.1) is 0 Å². The number of rotatable bonds is 8. The zero-order chi connectivity index (χ0) is 25.8. The zero-order valence-electron chi connectivity index (χ0n) is 19.2. The van der Waals surface area contributed by atoms with Crippen LogP contribution in [-0.4, -0.2) is 47.2 Å². The van der Waals surface area contributed by atoms with Crippen LogP contribution in [0.4, 0.5) is 17.2 Å². The summed E-state index contributed by atoms with van der Waals surface area (Å²) < 4.78 is 10.4. The van der Waals surface area contributed by atoms with E-state index >= 15 is 0 Å². The number of benzene rings is 2. The van der Waals surface area contributed by atoms with E-state index in [1.807, 2.05) is 0 Å². The second-order valence-electron chi connectivity index (χ2n) is 7.62. The van der Waals surface area contributed by atoms with Crippen LogP contribution in [0.25, 0.3) is 0 Å². The molecule has 2 amide bonds. The molecule has 2 aromatic carbocycles. The van der Waals surface area contributed by atoms with Gasteiger partial charge in [-0.25, -0.2) is 9.99 Å². The highest BCUT2D eigenvalue weighted by Crippen LogP contribution is 2.31. The number of hydrazine groups is 1. The second kappa shape index (κ2) is 11.0. The fraction of sp³-hybridized carbons (Fsp3) is 0.167. The van der Waals surface area contributed by atoms with Crippen molar-refractivity contribution in [1.82, 2.24) is 9.99 Å². The van der Waals surface area contributed by atoms with Crippen LogP contribution < -0.4 is 25.1 Å². The van der Waals surface area contributed by atoms with Crippen LogP contribution in [0.2, 0.25) is 10.0 Å². The molecule has 1 aliphatic rings. The average molecular weight is 546 g/mol. The summed E-state index contributed by atoms with van der Waals surface area (Å²) in [5.41, 5.74) is 4.03. The molecule has 1 atom stereocenters. The van der Waals surface area contributed by atoms with Gasteiger partial charge in [-0.2, -0.15) is 0 Å². The maximum Gasteiger partial charge on any atom is 0.258 e. The van der Waals surface area contributed by atoms with E-state index in [0.29, 0.717) is 27.9 Å². The molecule has 0 aliphatic carbocycles. The normalized spacial score (nSPS) is 15.2. The number of carbonyl (C=O) groups excluding carboxylic acids is 2. The number of carbonyl (C=O) groups is 2. The molecule has 2 N–H and O–H groups in total. The lowest BCUT2D eigenvalue weighted by atomic mass is 10.1. The van der Waals surface area contributed by atoms with E-state index in [4.69, 9.17) is 44.9 Å². The van der Waals surface area contributed by atoms with Gasteiger partial charge in [0.15, 0.2) is 5.82 Å². The van der Waals surface area contributed by atoms with Crippen LogP contribution in [-0.2, 0) is 9.59 Å². The van der Waals surface area contributed by atoms with Crippen molar-refractivity contribution >= 4 is 69.5 Å². The highest BCUT2D eigenvalue weighted by molar-refractivity contribution is 7.80. The monoisotopic (exact) mass is 545 g/mol. The Morgan fingerprint density at radius 1 is 1.08 bits per heavy atom. The Morgan fingerprint density at radius 2 is 1.81 bits per heavy atom. The quantitative estimate of drug-likeness (QED) is 0.391. The van der Waals surface area contributed by atoms with Gasteiger partial charge in [-0.05, 0) is 54.7 Å². The minimum atomic E-state index is -0.987. The topological polar surface area (TPSA) is 96.0 Å². The molecule has 0 bridgehead atoms. The van der Waals surface area contributed by atoms with E-state index in [-0.39, 0.29) is 22.4 Å². The molecule has 4 rings (SSSR count).